The molecule has 0 spiro atoms. The summed E-state index contributed by atoms with van der Waals surface area (Å²) in [6.45, 7) is 13.3. The van der Waals surface area contributed by atoms with Crippen LogP contribution in [0.4, 0.5) is 23.0 Å². The number of anilines is 4. The number of aliphatic imine (C=N–C) groups is 1. The summed E-state index contributed by atoms with van der Waals surface area (Å²) in [5, 5.41) is 28.9. The molecule has 6 aromatic rings. The average molecular weight is 1190 g/mol. The summed E-state index contributed by atoms with van der Waals surface area (Å²) in [6.07, 6.45) is 16.5. The molecule has 1 saturated carbocycles. The zero-order valence-electron chi connectivity index (χ0n) is 49.8. The van der Waals surface area contributed by atoms with Crippen LogP contribution >= 0.6 is 11.3 Å². The van der Waals surface area contributed by atoms with Crippen molar-refractivity contribution in [2.75, 3.05) is 66.2 Å². The second kappa shape index (κ2) is 24.8. The Morgan fingerprint density at radius 1 is 0.849 bits per heavy atom. The van der Waals surface area contributed by atoms with Crippen LogP contribution in [-0.2, 0) is 14.3 Å². The van der Waals surface area contributed by atoms with E-state index in [0.717, 1.165) is 159 Å². The Hall–Kier alpha value is -7.42. The fourth-order valence-corrected chi connectivity index (χ4v) is 15.3. The van der Waals surface area contributed by atoms with Crippen molar-refractivity contribution in [1.29, 1.82) is 0 Å². The summed E-state index contributed by atoms with van der Waals surface area (Å²) >= 11 is 1.60. The van der Waals surface area contributed by atoms with Gasteiger partial charge in [0.2, 0.25) is 17.7 Å². The molecule has 20 heteroatoms. The zero-order chi connectivity index (χ0) is 59.2. The number of aromatic nitrogens is 4. The quantitative estimate of drug-likeness (QED) is 0.0509. The Kier molecular flexibility index (Phi) is 16.6. The lowest BCUT2D eigenvalue weighted by Crippen LogP contribution is -2.54. The van der Waals surface area contributed by atoms with Crippen LogP contribution in [0.25, 0.3) is 21.7 Å². The number of aliphatic hydroxyl groups is 1. The van der Waals surface area contributed by atoms with Crippen molar-refractivity contribution in [2.45, 2.75) is 153 Å². The minimum Gasteiger partial charge on any atom is -0.507 e. The number of nitrogens with two attached hydrogens (primary N) is 1. The van der Waals surface area contributed by atoms with E-state index in [1.165, 1.54) is 0 Å². The number of nitrogen functional groups attached to an aromatic ring is 1. The van der Waals surface area contributed by atoms with Crippen LogP contribution in [0.3, 0.4) is 0 Å². The minimum absolute atomic E-state index is 0.0848. The molecule has 7 aliphatic rings. The molecule has 6 aliphatic heterocycles. The maximum absolute atomic E-state index is 14.4. The SMILES string of the molecule is Cc1ncsc1-c1ccc([C@H](C)NC(=O)[C@@H]2C[C@@H](O)CN2C(=O)[C@@H](c2cc(N3CCC(CCC4C=NC(N5CCC(O[C@H]6C[C@H](Oc7cc(N8C9CCC8CN(c8cc(-c%10ccccc%10O)[nH]c8N)C9)ccn7)C6)CC5)=C4)CC3)no2)C(C)C)cc1. The number of aliphatic hydroxyl groups excluding tert-OH is 1. The van der Waals surface area contributed by atoms with E-state index in [-0.39, 0.29) is 60.8 Å². The number of aryl methyl sites for hydroxylation is 1. The fraction of sp³-hybridized carbons (Fsp3) is 0.515. The van der Waals surface area contributed by atoms with E-state index < -0.39 is 18.1 Å². The number of ether oxygens (including phenoxy) is 2. The summed E-state index contributed by atoms with van der Waals surface area (Å²) in [7, 11) is 0. The van der Waals surface area contributed by atoms with Gasteiger partial charge in [-0.2, -0.15) is 0 Å². The monoisotopic (exact) mass is 1190 g/mol. The highest BCUT2D eigenvalue weighted by Gasteiger charge is 2.45. The molecule has 86 heavy (non-hydrogen) atoms. The predicted molar refractivity (Wildman–Crippen MR) is 334 cm³/mol. The first kappa shape index (κ1) is 57.6. The van der Waals surface area contributed by atoms with Gasteiger partial charge in [-0.05, 0) is 119 Å². The zero-order valence-corrected chi connectivity index (χ0v) is 50.7. The molecule has 4 aromatic heterocycles. The third-order valence-electron chi connectivity index (χ3n) is 19.4. The lowest BCUT2D eigenvalue weighted by atomic mass is 9.89. The maximum Gasteiger partial charge on any atom is 0.243 e. The molecule has 13 rings (SSSR count). The molecule has 6 fully saturated rings. The Bertz CT molecular complexity index is 3400. The molecule has 1 aliphatic carbocycles. The van der Waals surface area contributed by atoms with Gasteiger partial charge in [0.1, 0.15) is 35.5 Å². The number of piperidine rings is 2. The molecular weight excluding hydrogens is 1100 g/mol. The topological polar surface area (TPSA) is 227 Å². The van der Waals surface area contributed by atoms with Crippen LogP contribution in [0.15, 0.2) is 106 Å². The van der Waals surface area contributed by atoms with Crippen molar-refractivity contribution in [3.8, 4) is 33.3 Å². The van der Waals surface area contributed by atoms with Gasteiger partial charge in [0.15, 0.2) is 11.6 Å². The second-order valence-corrected chi connectivity index (χ2v) is 26.4. The number of H-pyrrole nitrogens is 1. The number of allylic oxidation sites excluding steroid dienone is 1. The van der Waals surface area contributed by atoms with E-state index >= 15 is 0 Å². The lowest BCUT2D eigenvalue weighted by Gasteiger charge is -2.43. The van der Waals surface area contributed by atoms with Gasteiger partial charge in [0, 0.05) is 119 Å². The number of aromatic amines is 1. The van der Waals surface area contributed by atoms with Gasteiger partial charge in [0.25, 0.3) is 0 Å². The largest absolute Gasteiger partial charge is 0.507 e. The highest BCUT2D eigenvalue weighted by Crippen LogP contribution is 2.42. The number of benzene rings is 2. The molecule has 2 amide bonds. The normalized spacial score (nSPS) is 25.0. The Morgan fingerprint density at radius 2 is 1.60 bits per heavy atom. The van der Waals surface area contributed by atoms with E-state index in [0.29, 0.717) is 41.4 Å². The van der Waals surface area contributed by atoms with Gasteiger partial charge in [-0.3, -0.25) is 9.59 Å². The summed E-state index contributed by atoms with van der Waals surface area (Å²) in [6, 6.07) is 23.2. The van der Waals surface area contributed by atoms with Crippen molar-refractivity contribution in [3.05, 3.63) is 113 Å². The summed E-state index contributed by atoms with van der Waals surface area (Å²) < 4.78 is 19.1. The third-order valence-corrected chi connectivity index (χ3v) is 20.3. The van der Waals surface area contributed by atoms with Crippen molar-refractivity contribution in [2.24, 2.45) is 22.7 Å². The number of fused-ring (bicyclic) bond motifs is 2. The first-order chi connectivity index (χ1) is 41.7. The molecule has 3 unspecified atom stereocenters. The summed E-state index contributed by atoms with van der Waals surface area (Å²) in [5.41, 5.74) is 15.1. The van der Waals surface area contributed by atoms with Crippen LogP contribution in [0.2, 0.25) is 0 Å². The Balaban J connectivity index is 0.519. The van der Waals surface area contributed by atoms with E-state index in [1.54, 1.807) is 22.3 Å². The van der Waals surface area contributed by atoms with Crippen molar-refractivity contribution in [1.82, 2.24) is 35.2 Å². The first-order valence-corrected chi connectivity index (χ1v) is 32.2. The average Bonchev–Trinajstić information content (AvgIpc) is 3.39. The number of phenols is 1. The summed E-state index contributed by atoms with van der Waals surface area (Å²) in [4.78, 5) is 57.8. The molecule has 0 radical (unpaired) electrons. The number of hydrogen-bond acceptors (Lipinski definition) is 17. The first-order valence-electron chi connectivity index (χ1n) is 31.3. The number of phenolic OH excluding ortho intramolecular Hbond substituents is 1. The van der Waals surface area contributed by atoms with E-state index in [2.05, 4.69) is 75.5 Å². The second-order valence-electron chi connectivity index (χ2n) is 25.5. The van der Waals surface area contributed by atoms with Gasteiger partial charge in [0.05, 0.1) is 51.8 Å². The fourth-order valence-electron chi connectivity index (χ4n) is 14.5. The number of piperazine rings is 1. The van der Waals surface area contributed by atoms with Crippen LogP contribution in [0.5, 0.6) is 11.6 Å². The number of carbonyl (C=O) groups excluding carboxylic acids is 2. The number of thiazole rings is 1. The Morgan fingerprint density at radius 3 is 2.34 bits per heavy atom. The number of likely N-dealkylation sites (tertiary alicyclic amines) is 2. The third kappa shape index (κ3) is 12.2. The molecule has 5 saturated heterocycles. The lowest BCUT2D eigenvalue weighted by molar-refractivity contribution is -0.141. The van der Waals surface area contributed by atoms with Gasteiger partial charge >= 0.3 is 0 Å². The number of pyridine rings is 1. The maximum atomic E-state index is 14.4. The number of carbonyl (C=O) groups is 2. The van der Waals surface area contributed by atoms with Crippen LogP contribution in [0, 0.1) is 24.7 Å². The van der Waals surface area contributed by atoms with E-state index in [1.807, 2.05) is 87.9 Å². The number of amides is 2. The Labute approximate surface area is 507 Å². The van der Waals surface area contributed by atoms with Crippen LogP contribution < -0.4 is 30.5 Å². The highest BCUT2D eigenvalue weighted by molar-refractivity contribution is 7.13. The number of para-hydroxylation sites is 1. The molecule has 10 heterocycles. The van der Waals surface area contributed by atoms with Gasteiger partial charge < -0.3 is 64.7 Å². The molecule has 19 nitrogen and oxygen atoms in total. The highest BCUT2D eigenvalue weighted by atomic mass is 32.1. The molecule has 454 valence electrons. The molecule has 6 N–H and O–H groups in total. The smallest absolute Gasteiger partial charge is 0.243 e. The van der Waals surface area contributed by atoms with Crippen molar-refractivity contribution in [3.63, 3.8) is 0 Å². The van der Waals surface area contributed by atoms with Gasteiger partial charge in [-0.25, -0.2) is 15.0 Å². The van der Waals surface area contributed by atoms with Crippen molar-refractivity contribution >= 4 is 52.4 Å². The van der Waals surface area contributed by atoms with Gasteiger partial charge in [-0.1, -0.05) is 55.4 Å². The number of hydrogen-bond donors (Lipinski definition) is 5. The molecular formula is C66H82N12O7S. The standard InChI is InChI=1S/C66H82N12O7S/c1-39(2)62(66(82)77-37-49(79)29-56(77)65(81)71-40(3)44-11-13-45(14-12-44)63-41(4)70-38-86-63)58-33-60(73-85-58)75-23-18-42(19-24-75)9-10-43-27-59(69-34-43)74-25-20-50(21-26-74)83-51-30-52(31-51)84-61-28-46(17-22-68-61)78-47-15-16-48(78)36-76(35-47)55-32-54(72-64(55)67)53-7-5-6-8-57(53)80/h5-8,11-14,17,22,27-28,32-34,38-40,42-43,47-52,56,62,72,79-80H,9-10,15-16,18-21,23-26,29-31,35-37,67H2,1-4H3,(H,71,81)/t40-,43?,47?,48?,49+,51-,52-,56-,62+/m0/s1. The number of nitrogens with zero attached hydrogens (tertiary/aromatic N) is 9. The number of rotatable bonds is 19. The number of β-amino-alcohol motifs (C(OH)–C–C–N with tert-alkyl or cyclic N) is 1. The summed E-state index contributed by atoms with van der Waals surface area (Å²) in [5.74, 6) is 3.49. The number of nitrogens with one attached hydrogen (secondary N) is 2. The van der Waals surface area contributed by atoms with Crippen LogP contribution in [0.1, 0.15) is 120 Å². The van der Waals surface area contributed by atoms with Crippen molar-refractivity contribution < 1.29 is 33.8 Å². The number of aromatic hydroxyl groups is 1. The van der Waals surface area contributed by atoms with E-state index in [9.17, 15) is 19.8 Å². The van der Waals surface area contributed by atoms with Crippen LogP contribution in [-0.4, -0.2) is 147 Å². The minimum atomic E-state index is -0.803. The predicted octanol–water partition coefficient (Wildman–Crippen LogP) is 9.85. The molecule has 2 bridgehead atoms. The van der Waals surface area contributed by atoms with Gasteiger partial charge in [-0.15, -0.1) is 11.3 Å². The van der Waals surface area contributed by atoms with E-state index in [4.69, 9.17) is 24.7 Å². The molecule has 7 atom stereocenters. The molecule has 2 aromatic carbocycles.